The van der Waals surface area contributed by atoms with Crippen molar-refractivity contribution >= 4 is 11.9 Å². The molecule has 142 valence electrons. The van der Waals surface area contributed by atoms with Crippen molar-refractivity contribution in [1.29, 1.82) is 0 Å². The zero-order chi connectivity index (χ0) is 19.6. The van der Waals surface area contributed by atoms with Crippen LogP contribution in [0, 0.1) is 13.8 Å². The number of imide groups is 1. The number of nitrogens with zero attached hydrogens (tertiary/aromatic N) is 1. The van der Waals surface area contributed by atoms with E-state index in [1.165, 1.54) is 4.90 Å². The van der Waals surface area contributed by atoms with Gasteiger partial charge in [-0.2, -0.15) is 0 Å². The van der Waals surface area contributed by atoms with Gasteiger partial charge < -0.3 is 14.8 Å². The number of amides is 3. The molecule has 1 N–H and O–H groups in total. The molecular formula is C21H24N2O4. The molecule has 2 aromatic carbocycles. The lowest BCUT2D eigenvalue weighted by Crippen LogP contribution is -2.41. The van der Waals surface area contributed by atoms with Crippen LogP contribution in [0.3, 0.4) is 0 Å². The van der Waals surface area contributed by atoms with Crippen LogP contribution in [0.25, 0.3) is 0 Å². The van der Waals surface area contributed by atoms with E-state index in [0.717, 1.165) is 22.4 Å². The van der Waals surface area contributed by atoms with Crippen molar-refractivity contribution in [3.05, 3.63) is 59.2 Å². The van der Waals surface area contributed by atoms with Crippen molar-refractivity contribution < 1.29 is 19.1 Å². The third kappa shape index (κ3) is 3.60. The Balaban J connectivity index is 1.70. The van der Waals surface area contributed by atoms with E-state index in [2.05, 4.69) is 5.32 Å². The number of carbonyl (C=O) groups excluding carboxylic acids is 2. The van der Waals surface area contributed by atoms with E-state index in [4.69, 9.17) is 9.47 Å². The number of nitrogens with one attached hydrogen (secondary N) is 1. The second kappa shape index (κ2) is 7.31. The molecular weight excluding hydrogens is 344 g/mol. The molecule has 0 radical (unpaired) electrons. The Labute approximate surface area is 159 Å². The summed E-state index contributed by atoms with van der Waals surface area (Å²) in [6, 6.07) is 12.7. The first-order valence-corrected chi connectivity index (χ1v) is 8.84. The molecule has 1 unspecified atom stereocenters. The predicted octanol–water partition coefficient (Wildman–Crippen LogP) is 3.16. The van der Waals surface area contributed by atoms with E-state index in [-0.39, 0.29) is 19.1 Å². The number of aryl methyl sites for hydroxylation is 2. The highest BCUT2D eigenvalue weighted by molar-refractivity contribution is 6.07. The fourth-order valence-corrected chi connectivity index (χ4v) is 3.17. The smallest absolute Gasteiger partial charge is 0.325 e. The van der Waals surface area contributed by atoms with Crippen molar-refractivity contribution in [2.75, 3.05) is 20.3 Å². The minimum atomic E-state index is -1.10. The normalized spacial score (nSPS) is 19.2. The van der Waals surface area contributed by atoms with E-state index in [9.17, 15) is 9.59 Å². The first-order valence-electron chi connectivity index (χ1n) is 8.84. The van der Waals surface area contributed by atoms with Crippen LogP contribution in [0.5, 0.6) is 11.5 Å². The largest absolute Gasteiger partial charge is 0.496 e. The standard InChI is InChI=1S/C21H24N2O4/c1-14-5-8-17(9-6-14)27-12-11-23-19(24)21(3,22-20(23)25)16-7-10-18(26-4)15(2)13-16/h5-10,13H,11-12H2,1-4H3,(H,22,25). The number of ether oxygens (including phenoxy) is 2. The first-order chi connectivity index (χ1) is 12.8. The van der Waals surface area contributed by atoms with Crippen LogP contribution in [0.15, 0.2) is 42.5 Å². The van der Waals surface area contributed by atoms with Crippen molar-refractivity contribution in [2.24, 2.45) is 0 Å². The summed E-state index contributed by atoms with van der Waals surface area (Å²) in [4.78, 5) is 26.5. The Morgan fingerprint density at radius 1 is 1.07 bits per heavy atom. The van der Waals surface area contributed by atoms with Crippen molar-refractivity contribution in [3.63, 3.8) is 0 Å². The van der Waals surface area contributed by atoms with Crippen LogP contribution in [0.2, 0.25) is 0 Å². The molecule has 27 heavy (non-hydrogen) atoms. The van der Waals surface area contributed by atoms with Gasteiger partial charge in [-0.15, -0.1) is 0 Å². The SMILES string of the molecule is COc1ccc(C2(C)NC(=O)N(CCOc3ccc(C)cc3)C2=O)cc1C. The Bertz CT molecular complexity index is 863. The van der Waals surface area contributed by atoms with Crippen LogP contribution in [0.1, 0.15) is 23.6 Å². The zero-order valence-electron chi connectivity index (χ0n) is 16.0. The van der Waals surface area contributed by atoms with E-state index in [0.29, 0.717) is 5.75 Å². The molecule has 3 rings (SSSR count). The number of urea groups is 1. The lowest BCUT2D eigenvalue weighted by atomic mass is 9.90. The molecule has 6 nitrogen and oxygen atoms in total. The number of benzene rings is 2. The van der Waals surface area contributed by atoms with Crippen LogP contribution in [-0.2, 0) is 10.3 Å². The van der Waals surface area contributed by atoms with Gasteiger partial charge in [0, 0.05) is 0 Å². The quantitative estimate of drug-likeness (QED) is 0.796. The predicted molar refractivity (Wildman–Crippen MR) is 102 cm³/mol. The molecule has 2 aromatic rings. The summed E-state index contributed by atoms with van der Waals surface area (Å²) < 4.78 is 10.9. The lowest BCUT2D eigenvalue weighted by molar-refractivity contribution is -0.131. The summed E-state index contributed by atoms with van der Waals surface area (Å²) in [5.41, 5.74) is 1.67. The molecule has 1 atom stereocenters. The van der Waals surface area contributed by atoms with Crippen LogP contribution < -0.4 is 14.8 Å². The Kier molecular flexibility index (Phi) is 5.08. The van der Waals surface area contributed by atoms with E-state index in [1.54, 1.807) is 26.2 Å². The second-order valence-electron chi connectivity index (χ2n) is 6.86. The van der Waals surface area contributed by atoms with E-state index < -0.39 is 11.6 Å². The minimum absolute atomic E-state index is 0.184. The number of hydrogen-bond acceptors (Lipinski definition) is 4. The summed E-state index contributed by atoms with van der Waals surface area (Å²) in [5, 5.41) is 2.81. The highest BCUT2D eigenvalue weighted by Crippen LogP contribution is 2.31. The molecule has 1 aliphatic rings. The minimum Gasteiger partial charge on any atom is -0.496 e. The molecule has 1 aliphatic heterocycles. The molecule has 1 heterocycles. The molecule has 1 saturated heterocycles. The van der Waals surface area contributed by atoms with Crippen molar-refractivity contribution in [3.8, 4) is 11.5 Å². The van der Waals surface area contributed by atoms with Crippen LogP contribution >= 0.6 is 0 Å². The highest BCUT2D eigenvalue weighted by Gasteiger charge is 2.48. The Hall–Kier alpha value is -3.02. The fraction of sp³-hybridized carbons (Fsp3) is 0.333. The second-order valence-corrected chi connectivity index (χ2v) is 6.86. The van der Waals surface area contributed by atoms with Gasteiger partial charge in [-0.3, -0.25) is 9.69 Å². The Morgan fingerprint density at radius 3 is 2.41 bits per heavy atom. The number of carbonyl (C=O) groups is 2. The third-order valence-corrected chi connectivity index (χ3v) is 4.85. The average molecular weight is 368 g/mol. The summed E-state index contributed by atoms with van der Waals surface area (Å²) in [5.74, 6) is 1.16. The highest BCUT2D eigenvalue weighted by atomic mass is 16.5. The topological polar surface area (TPSA) is 67.9 Å². The molecule has 6 heteroatoms. The molecule has 0 aliphatic carbocycles. The van der Waals surface area contributed by atoms with Gasteiger partial charge >= 0.3 is 6.03 Å². The fourth-order valence-electron chi connectivity index (χ4n) is 3.17. The summed E-state index contributed by atoms with van der Waals surface area (Å²) in [6.45, 7) is 6.04. The van der Waals surface area contributed by atoms with Crippen LogP contribution in [0.4, 0.5) is 4.79 Å². The van der Waals surface area contributed by atoms with Gasteiger partial charge in [0.05, 0.1) is 13.7 Å². The number of methoxy groups -OCH3 is 1. The van der Waals surface area contributed by atoms with Gasteiger partial charge in [-0.1, -0.05) is 23.8 Å². The maximum atomic E-state index is 12.9. The molecule has 0 spiro atoms. The third-order valence-electron chi connectivity index (χ3n) is 4.85. The molecule has 1 fully saturated rings. The van der Waals surface area contributed by atoms with Gasteiger partial charge in [-0.05, 0) is 56.2 Å². The number of hydrogen-bond donors (Lipinski definition) is 1. The zero-order valence-corrected chi connectivity index (χ0v) is 16.0. The molecule has 0 aromatic heterocycles. The molecule has 0 saturated carbocycles. The maximum Gasteiger partial charge on any atom is 0.325 e. The Morgan fingerprint density at radius 2 is 1.78 bits per heavy atom. The molecule has 0 bridgehead atoms. The van der Waals surface area contributed by atoms with Crippen molar-refractivity contribution in [2.45, 2.75) is 26.3 Å². The van der Waals surface area contributed by atoms with Crippen molar-refractivity contribution in [1.82, 2.24) is 10.2 Å². The van der Waals surface area contributed by atoms with Gasteiger partial charge in [0.25, 0.3) is 5.91 Å². The number of rotatable bonds is 6. The average Bonchev–Trinajstić information content (AvgIpc) is 2.87. The van der Waals surface area contributed by atoms with E-state index in [1.807, 2.05) is 44.2 Å². The van der Waals surface area contributed by atoms with Crippen LogP contribution in [-0.4, -0.2) is 37.1 Å². The van der Waals surface area contributed by atoms with Gasteiger partial charge in [-0.25, -0.2) is 4.79 Å². The summed E-state index contributed by atoms with van der Waals surface area (Å²) >= 11 is 0. The maximum absolute atomic E-state index is 12.9. The summed E-state index contributed by atoms with van der Waals surface area (Å²) in [7, 11) is 1.60. The van der Waals surface area contributed by atoms with Gasteiger partial charge in [0.1, 0.15) is 23.6 Å². The first kappa shape index (κ1) is 18.8. The summed E-state index contributed by atoms with van der Waals surface area (Å²) in [6.07, 6.45) is 0. The molecule has 3 amide bonds. The monoisotopic (exact) mass is 368 g/mol. The van der Waals surface area contributed by atoms with Gasteiger partial charge in [0.2, 0.25) is 0 Å². The van der Waals surface area contributed by atoms with Gasteiger partial charge in [0.15, 0.2) is 0 Å². The van der Waals surface area contributed by atoms with E-state index >= 15 is 0 Å². The lowest BCUT2D eigenvalue weighted by Gasteiger charge is -2.23.